The largest absolute Gasteiger partial charge is 0.478 e. The van der Waals surface area contributed by atoms with Crippen molar-refractivity contribution < 1.29 is 14.7 Å². The number of amides is 1. The monoisotopic (exact) mass is 292 g/mol. The SMILES string of the molecule is CC(C)CNC(=O)CN(C)c1ncc(/C=C/C(=O)O)cn1. The van der Waals surface area contributed by atoms with Gasteiger partial charge in [-0.05, 0) is 12.0 Å². The lowest BCUT2D eigenvalue weighted by Crippen LogP contribution is -2.37. The highest BCUT2D eigenvalue weighted by atomic mass is 16.4. The summed E-state index contributed by atoms with van der Waals surface area (Å²) < 4.78 is 0. The van der Waals surface area contributed by atoms with E-state index in [0.29, 0.717) is 24.0 Å². The summed E-state index contributed by atoms with van der Waals surface area (Å²) in [5.41, 5.74) is 0.582. The van der Waals surface area contributed by atoms with Crippen LogP contribution in [0.3, 0.4) is 0 Å². The zero-order chi connectivity index (χ0) is 15.8. The molecule has 0 saturated carbocycles. The molecular weight excluding hydrogens is 272 g/mol. The maximum atomic E-state index is 11.7. The summed E-state index contributed by atoms with van der Waals surface area (Å²) >= 11 is 0. The smallest absolute Gasteiger partial charge is 0.328 e. The van der Waals surface area contributed by atoms with Gasteiger partial charge >= 0.3 is 5.97 Å². The van der Waals surface area contributed by atoms with Gasteiger partial charge in [-0.1, -0.05) is 13.8 Å². The number of hydrogen-bond donors (Lipinski definition) is 2. The summed E-state index contributed by atoms with van der Waals surface area (Å²) in [6.45, 7) is 4.84. The van der Waals surface area contributed by atoms with Crippen LogP contribution in [0.2, 0.25) is 0 Å². The minimum absolute atomic E-state index is 0.0929. The molecule has 0 atom stereocenters. The second-order valence-electron chi connectivity index (χ2n) is 5.04. The molecule has 0 aliphatic heterocycles. The molecule has 7 heteroatoms. The number of rotatable bonds is 7. The lowest BCUT2D eigenvalue weighted by atomic mass is 10.2. The molecule has 2 N–H and O–H groups in total. The number of anilines is 1. The number of carboxylic acids is 1. The van der Waals surface area contributed by atoms with Crippen molar-refractivity contribution in [1.82, 2.24) is 15.3 Å². The molecule has 0 fully saturated rings. The second-order valence-corrected chi connectivity index (χ2v) is 5.04. The van der Waals surface area contributed by atoms with E-state index < -0.39 is 5.97 Å². The van der Waals surface area contributed by atoms with Gasteiger partial charge in [0.1, 0.15) is 0 Å². The third-order valence-corrected chi connectivity index (χ3v) is 2.51. The van der Waals surface area contributed by atoms with Crippen LogP contribution in [0.4, 0.5) is 5.95 Å². The van der Waals surface area contributed by atoms with E-state index in [-0.39, 0.29) is 12.5 Å². The number of nitrogens with zero attached hydrogens (tertiary/aromatic N) is 3. The van der Waals surface area contributed by atoms with Gasteiger partial charge in [-0.2, -0.15) is 0 Å². The first-order valence-corrected chi connectivity index (χ1v) is 6.59. The molecule has 7 nitrogen and oxygen atoms in total. The fraction of sp³-hybridized carbons (Fsp3) is 0.429. The third kappa shape index (κ3) is 6.51. The Kier molecular flexibility index (Phi) is 6.32. The number of hydrogen-bond acceptors (Lipinski definition) is 5. The van der Waals surface area contributed by atoms with Gasteiger partial charge in [0.15, 0.2) is 0 Å². The molecule has 0 aromatic carbocycles. The Morgan fingerprint density at radius 2 is 2.00 bits per heavy atom. The lowest BCUT2D eigenvalue weighted by Gasteiger charge is -2.17. The summed E-state index contributed by atoms with van der Waals surface area (Å²) in [5, 5.41) is 11.3. The molecule has 21 heavy (non-hydrogen) atoms. The standard InChI is InChI=1S/C14H20N4O3/c1-10(2)6-15-12(19)9-18(3)14-16-7-11(8-17-14)4-5-13(20)21/h4-5,7-8,10H,6,9H2,1-3H3,(H,15,19)(H,20,21)/b5-4+. The molecule has 0 aliphatic rings. The quantitative estimate of drug-likeness (QED) is 0.721. The number of nitrogens with one attached hydrogen (secondary N) is 1. The van der Waals surface area contributed by atoms with Crippen LogP contribution in [0.15, 0.2) is 18.5 Å². The van der Waals surface area contributed by atoms with E-state index in [1.165, 1.54) is 18.5 Å². The maximum absolute atomic E-state index is 11.7. The molecule has 0 radical (unpaired) electrons. The molecular formula is C14H20N4O3. The van der Waals surface area contributed by atoms with E-state index in [4.69, 9.17) is 5.11 Å². The molecule has 1 heterocycles. The van der Waals surface area contributed by atoms with E-state index >= 15 is 0 Å². The minimum Gasteiger partial charge on any atom is -0.478 e. The van der Waals surface area contributed by atoms with Gasteiger partial charge in [-0.25, -0.2) is 14.8 Å². The number of carbonyl (C=O) groups is 2. The first-order chi connectivity index (χ1) is 9.88. The zero-order valence-corrected chi connectivity index (χ0v) is 12.4. The van der Waals surface area contributed by atoms with Crippen LogP contribution in [-0.2, 0) is 9.59 Å². The predicted octanol–water partition coefficient (Wildman–Crippen LogP) is 0.783. The van der Waals surface area contributed by atoms with Crippen LogP contribution < -0.4 is 10.2 Å². The summed E-state index contributed by atoms with van der Waals surface area (Å²) in [4.78, 5) is 31.9. The van der Waals surface area contributed by atoms with Crippen molar-refractivity contribution >= 4 is 23.9 Å². The average molecular weight is 292 g/mol. The van der Waals surface area contributed by atoms with Gasteiger partial charge in [0.2, 0.25) is 11.9 Å². The van der Waals surface area contributed by atoms with Crippen LogP contribution in [0.5, 0.6) is 0 Å². The Morgan fingerprint density at radius 3 is 2.52 bits per heavy atom. The molecule has 0 unspecified atom stereocenters. The molecule has 1 aromatic heterocycles. The highest BCUT2D eigenvalue weighted by Crippen LogP contribution is 2.06. The van der Waals surface area contributed by atoms with Crippen molar-refractivity contribution in [2.45, 2.75) is 13.8 Å². The van der Waals surface area contributed by atoms with Crippen LogP contribution in [0.25, 0.3) is 6.08 Å². The van der Waals surface area contributed by atoms with Gasteiger partial charge in [-0.15, -0.1) is 0 Å². The normalized spacial score (nSPS) is 10.9. The summed E-state index contributed by atoms with van der Waals surface area (Å²) in [5.74, 6) is -0.319. The average Bonchev–Trinajstić information content (AvgIpc) is 2.43. The van der Waals surface area contributed by atoms with E-state index in [9.17, 15) is 9.59 Å². The van der Waals surface area contributed by atoms with Gasteiger partial charge in [-0.3, -0.25) is 4.79 Å². The third-order valence-electron chi connectivity index (χ3n) is 2.51. The summed E-state index contributed by atoms with van der Waals surface area (Å²) in [6, 6.07) is 0. The van der Waals surface area contributed by atoms with Crippen molar-refractivity contribution in [2.24, 2.45) is 5.92 Å². The van der Waals surface area contributed by atoms with Gasteiger partial charge in [0, 0.05) is 37.6 Å². The molecule has 1 aromatic rings. The number of carboxylic acid groups (broad SMARTS) is 1. The van der Waals surface area contributed by atoms with Crippen molar-refractivity contribution in [3.63, 3.8) is 0 Å². The van der Waals surface area contributed by atoms with Gasteiger partial charge in [0.05, 0.1) is 6.54 Å². The first kappa shape index (κ1) is 16.6. The summed E-state index contributed by atoms with van der Waals surface area (Å²) in [7, 11) is 1.72. The highest BCUT2D eigenvalue weighted by molar-refractivity contribution is 5.85. The Morgan fingerprint density at radius 1 is 1.38 bits per heavy atom. The molecule has 0 bridgehead atoms. The van der Waals surface area contributed by atoms with E-state index in [1.54, 1.807) is 11.9 Å². The predicted molar refractivity (Wildman–Crippen MR) is 79.8 cm³/mol. The molecule has 1 amide bonds. The van der Waals surface area contributed by atoms with E-state index in [1.807, 2.05) is 13.8 Å². The molecule has 1 rings (SSSR count). The zero-order valence-electron chi connectivity index (χ0n) is 12.4. The molecule has 114 valence electrons. The molecule has 0 spiro atoms. The van der Waals surface area contributed by atoms with Crippen molar-refractivity contribution in [1.29, 1.82) is 0 Å². The maximum Gasteiger partial charge on any atom is 0.328 e. The van der Waals surface area contributed by atoms with Crippen molar-refractivity contribution in [3.8, 4) is 0 Å². The van der Waals surface area contributed by atoms with Crippen LogP contribution in [0.1, 0.15) is 19.4 Å². The van der Waals surface area contributed by atoms with Crippen LogP contribution >= 0.6 is 0 Å². The molecule has 0 saturated heterocycles. The number of aliphatic carboxylic acids is 1. The van der Waals surface area contributed by atoms with Crippen LogP contribution in [0, 0.1) is 5.92 Å². The van der Waals surface area contributed by atoms with Gasteiger partial charge in [0.25, 0.3) is 0 Å². The molecule has 0 aliphatic carbocycles. The fourth-order valence-corrected chi connectivity index (χ4v) is 1.44. The van der Waals surface area contributed by atoms with Crippen molar-refractivity contribution in [2.75, 3.05) is 25.0 Å². The lowest BCUT2D eigenvalue weighted by molar-refractivity contribution is -0.131. The summed E-state index contributed by atoms with van der Waals surface area (Å²) in [6.07, 6.45) is 5.43. The van der Waals surface area contributed by atoms with Gasteiger partial charge < -0.3 is 15.3 Å². The Balaban J connectivity index is 2.56. The van der Waals surface area contributed by atoms with E-state index in [2.05, 4.69) is 15.3 Å². The van der Waals surface area contributed by atoms with E-state index in [0.717, 1.165) is 6.08 Å². The Bertz CT molecular complexity index is 511. The number of carbonyl (C=O) groups excluding carboxylic acids is 1. The van der Waals surface area contributed by atoms with Crippen molar-refractivity contribution in [3.05, 3.63) is 24.0 Å². The number of likely N-dealkylation sites (N-methyl/N-ethyl adjacent to an activating group) is 1. The highest BCUT2D eigenvalue weighted by Gasteiger charge is 2.09. The number of aromatic nitrogens is 2. The fourth-order valence-electron chi connectivity index (χ4n) is 1.44. The minimum atomic E-state index is -1.03. The Labute approximate surface area is 123 Å². The first-order valence-electron chi connectivity index (χ1n) is 6.59. The van der Waals surface area contributed by atoms with Crippen LogP contribution in [-0.4, -0.2) is 47.1 Å². The second kappa shape index (κ2) is 7.98. The topological polar surface area (TPSA) is 95.4 Å². The Hall–Kier alpha value is -2.44.